The van der Waals surface area contributed by atoms with Crippen molar-refractivity contribution in [1.82, 2.24) is 0 Å². The Balaban J connectivity index is 3.95. The summed E-state index contributed by atoms with van der Waals surface area (Å²) in [5.74, 6) is 0. The van der Waals surface area contributed by atoms with Gasteiger partial charge in [-0.05, 0) is 0 Å². The van der Waals surface area contributed by atoms with E-state index in [9.17, 15) is 0 Å². The van der Waals surface area contributed by atoms with Crippen LogP contribution in [-0.2, 0) is 0 Å². The number of hydrogen-bond acceptors (Lipinski definition) is 1. The Labute approximate surface area is 73.8 Å². The molecule has 0 saturated heterocycles. The van der Waals surface area contributed by atoms with Crippen molar-refractivity contribution in [2.24, 2.45) is 2.96 Å². The average molecular weight is 433 g/mol. The van der Waals surface area contributed by atoms with Crippen molar-refractivity contribution in [3.63, 3.8) is 0 Å². The molecule has 0 bridgehead atoms. The quantitative estimate of drug-likeness (QED) is 0.446. The fourth-order valence-electron chi connectivity index (χ4n) is 0. The van der Waals surface area contributed by atoms with Crippen LogP contribution in [0.2, 0.25) is 0 Å². The summed E-state index contributed by atoms with van der Waals surface area (Å²) in [4.78, 5) is 0. The second kappa shape index (κ2) is 4.58. The van der Waals surface area contributed by atoms with Gasteiger partial charge in [0.25, 0.3) is 0 Å². The monoisotopic (exact) mass is 433 g/mol. The molecule has 0 aliphatic heterocycles. The van der Waals surface area contributed by atoms with Crippen LogP contribution >= 0.6 is 69.5 Å². The van der Waals surface area contributed by atoms with Crippen molar-refractivity contribution in [2.45, 2.75) is 0 Å². The first-order valence-corrected chi connectivity index (χ1v) is 8.54. The molecule has 5 heavy (non-hydrogen) atoms. The predicted octanol–water partition coefficient (Wildman–Crippen LogP) is 2.90. The maximum atomic E-state index is 7.18. The summed E-state index contributed by atoms with van der Waals surface area (Å²) in [7, 11) is 0. The summed E-state index contributed by atoms with van der Waals surface area (Å²) in [5, 5.41) is 0. The van der Waals surface area contributed by atoms with Gasteiger partial charge in [-0.1, -0.05) is 0 Å². The van der Waals surface area contributed by atoms with Crippen LogP contribution in [0.15, 0.2) is 2.96 Å². The molecule has 5 heteroatoms. The van der Waals surface area contributed by atoms with E-state index in [0.717, 1.165) is 0 Å². The molecule has 0 atom stereocenters. The Kier molecular flexibility index (Phi) is 3.15. The Morgan fingerprint density at radius 1 is 2.60 bits per heavy atom. The summed E-state index contributed by atoms with van der Waals surface area (Å²) in [6.07, 6.45) is 0. The van der Waals surface area contributed by atoms with Gasteiger partial charge in [-0.2, -0.15) is 0 Å². The van der Waals surface area contributed by atoms with E-state index in [-0.39, 0.29) is 0 Å². The summed E-state index contributed by atoms with van der Waals surface area (Å²) in [6.45, 7) is 0. The van der Waals surface area contributed by atoms with Crippen LogP contribution < -0.4 is 0 Å². The molecule has 0 aliphatic rings. The minimum absolute atomic E-state index is 1.89. The second-order valence-electron chi connectivity index (χ2n) is 0.291. The Bertz CT molecular complexity index is 107. The van der Waals surface area contributed by atoms with Crippen molar-refractivity contribution in [3.8, 4) is 0 Å². The van der Waals surface area contributed by atoms with Gasteiger partial charge in [0.05, 0.1) is 0 Å². The van der Waals surface area contributed by atoms with Gasteiger partial charge in [0.15, 0.2) is 0 Å². The van der Waals surface area contributed by atoms with E-state index in [1.54, 1.807) is 0 Å². The number of hydrogen-bond donors (Lipinski definition) is 0. The predicted molar refractivity (Wildman–Crippen MR) is 55.6 cm³/mol. The number of rotatable bonds is 1. The van der Waals surface area contributed by atoms with E-state index in [0.29, 0.717) is 0 Å². The third kappa shape index (κ3) is 6.42. The zero-order chi connectivity index (χ0) is 6.78. The SMILES string of the molecule is [2H]I([3H])N=P([2H])(I)I. The standard InChI is InChI=1S/H3I3NP/c1-4-5(2)3/h5H,1H2/i1TD,5D. The Morgan fingerprint density at radius 3 is 3.20 bits per heavy atom. The molecular formula is H3I3NP. The van der Waals surface area contributed by atoms with Gasteiger partial charge in [0, 0.05) is 0 Å². The second-order valence-corrected chi connectivity index (χ2v) is 13.2. The molecule has 1 nitrogen and oxygen atoms in total. The van der Waals surface area contributed by atoms with Gasteiger partial charge in [0.1, 0.15) is 0 Å². The van der Waals surface area contributed by atoms with Crippen LogP contribution in [0.3, 0.4) is 0 Å². The van der Waals surface area contributed by atoms with Crippen molar-refractivity contribution < 1.29 is 0 Å². The van der Waals surface area contributed by atoms with Crippen LogP contribution in [0.25, 0.3) is 0 Å². The molecule has 0 amide bonds. The molecule has 0 aromatic carbocycles. The molecule has 0 aromatic rings. The van der Waals surface area contributed by atoms with Crippen LogP contribution in [0.5, 0.6) is 0 Å². The molecule has 0 unspecified atom stereocenters. The molecule has 34 valence electrons. The first-order chi connectivity index (χ1) is 3.42. The van der Waals surface area contributed by atoms with Gasteiger partial charge in [-0.3, -0.25) is 0 Å². The van der Waals surface area contributed by atoms with E-state index in [1.165, 1.54) is 0 Å². The topological polar surface area (TPSA) is 12.4 Å². The van der Waals surface area contributed by atoms with E-state index in [2.05, 4.69) is 2.96 Å². The fourth-order valence-corrected chi connectivity index (χ4v) is 0. The van der Waals surface area contributed by atoms with E-state index in [4.69, 9.17) is 2.47 Å². The molecule has 0 aromatic heterocycles. The fraction of sp³-hybridized carbons (Fsp3) is 0. The van der Waals surface area contributed by atoms with Crippen molar-refractivity contribution in [3.05, 3.63) is 0 Å². The zero-order valence-electron chi connectivity index (χ0n) is 5.03. The molecule has 0 rings (SSSR count). The van der Waals surface area contributed by atoms with E-state index >= 15 is 0 Å². The number of nitrogens with zero attached hydrogens (tertiary/aromatic N) is 1. The zero-order valence-corrected chi connectivity index (χ0v) is 9.40. The summed E-state index contributed by atoms with van der Waals surface area (Å²) in [6, 6.07) is 0. The van der Waals surface area contributed by atoms with Gasteiger partial charge in [0.2, 0.25) is 0 Å². The van der Waals surface area contributed by atoms with E-state index < -0.39 is 25.4 Å². The average Bonchev–Trinajstić information content (AvgIpc) is 1.21. The molecule has 0 spiro atoms. The third-order valence-corrected chi connectivity index (χ3v) is 7.71. The molecular weight excluding hydrogens is 426 g/mol. The normalized spacial score (nSPS) is 22.0. The molecule has 0 saturated carbocycles. The van der Waals surface area contributed by atoms with Gasteiger partial charge in [-0.15, -0.1) is 0 Å². The number of halogens is 3. The third-order valence-electron chi connectivity index (χ3n) is 0.0571. The van der Waals surface area contributed by atoms with Gasteiger partial charge in [-0.25, -0.2) is 0 Å². The molecule has 0 N–H and O–H groups in total. The molecule has 0 radical (unpaired) electrons. The van der Waals surface area contributed by atoms with Gasteiger partial charge < -0.3 is 0 Å². The Hall–Kier alpha value is 2.42. The van der Waals surface area contributed by atoms with Crippen molar-refractivity contribution in [1.29, 1.82) is 2.47 Å². The van der Waals surface area contributed by atoms with E-state index in [1.807, 2.05) is 44.1 Å². The Morgan fingerprint density at radius 2 is 3.20 bits per heavy atom. The summed E-state index contributed by atoms with van der Waals surface area (Å²) >= 11 is 1.31. The van der Waals surface area contributed by atoms with Crippen LogP contribution in [0, 0.1) is 0 Å². The van der Waals surface area contributed by atoms with Crippen molar-refractivity contribution >= 4 is 69.5 Å². The minimum atomic E-state index is -2.47. The van der Waals surface area contributed by atoms with Crippen LogP contribution in [-0.4, -0.2) is 2.47 Å². The van der Waals surface area contributed by atoms with Crippen molar-refractivity contribution in [2.75, 3.05) is 0 Å². The van der Waals surface area contributed by atoms with Gasteiger partial charge >= 0.3 is 74.9 Å². The molecule has 0 aliphatic carbocycles. The van der Waals surface area contributed by atoms with Crippen LogP contribution in [0.4, 0.5) is 0 Å². The van der Waals surface area contributed by atoms with Crippen LogP contribution in [0.1, 0.15) is 0 Å². The summed E-state index contributed by atoms with van der Waals surface area (Å²) in [5.41, 5.74) is 0. The first-order valence-electron chi connectivity index (χ1n) is 1.91. The molecule has 0 heterocycles. The maximum absolute atomic E-state index is 7.18. The summed E-state index contributed by atoms with van der Waals surface area (Å²) < 4.78 is 22.4. The molecule has 0 fully saturated rings. The first kappa shape index (κ1) is 3.45.